The Balaban J connectivity index is 1.38. The standard InChI is InChI=1S/C24H31FN4O/c1-17-7-8-21(30)16-29(17)20-9-11-26-24(15-20)28-13-10-23-22(28)6-3-12-27(23)19-5-2-4-18(25)14-19/h2,4-5,9,11,14-15,17,21-23,30H,3,6-8,10,12-13,16H2,1H3/t17-,21+,22-,23-/m1/s1. The molecule has 1 N–H and O–H groups in total. The van der Waals surface area contributed by atoms with Gasteiger partial charge in [0.05, 0.1) is 18.2 Å². The minimum atomic E-state index is -0.257. The van der Waals surface area contributed by atoms with E-state index in [1.807, 2.05) is 12.3 Å². The fourth-order valence-electron chi connectivity index (χ4n) is 5.64. The molecule has 5 rings (SSSR count). The molecule has 0 saturated carbocycles. The van der Waals surface area contributed by atoms with Crippen molar-refractivity contribution in [3.63, 3.8) is 0 Å². The van der Waals surface area contributed by atoms with Gasteiger partial charge in [-0.3, -0.25) is 0 Å². The number of benzene rings is 1. The van der Waals surface area contributed by atoms with Gasteiger partial charge < -0.3 is 19.8 Å². The lowest BCUT2D eigenvalue weighted by Gasteiger charge is -2.42. The number of hydrogen-bond acceptors (Lipinski definition) is 5. The zero-order valence-corrected chi connectivity index (χ0v) is 17.6. The molecule has 3 saturated heterocycles. The van der Waals surface area contributed by atoms with Gasteiger partial charge in [0.15, 0.2) is 0 Å². The first-order chi connectivity index (χ1) is 14.6. The minimum absolute atomic E-state index is 0.170. The van der Waals surface area contributed by atoms with E-state index < -0.39 is 0 Å². The maximum Gasteiger partial charge on any atom is 0.130 e. The van der Waals surface area contributed by atoms with Crippen LogP contribution in [0.2, 0.25) is 0 Å². The van der Waals surface area contributed by atoms with Crippen molar-refractivity contribution < 1.29 is 9.50 Å². The number of piperidine rings is 2. The third-order valence-electron chi connectivity index (χ3n) is 7.16. The monoisotopic (exact) mass is 410 g/mol. The fourth-order valence-corrected chi connectivity index (χ4v) is 5.64. The van der Waals surface area contributed by atoms with Crippen LogP contribution in [0.5, 0.6) is 0 Å². The molecular formula is C24H31FN4O. The number of β-amino-alcohol motifs (C(OH)–C–C–N with tert-alkyl or cyclic N) is 1. The van der Waals surface area contributed by atoms with Crippen LogP contribution >= 0.6 is 0 Å². The van der Waals surface area contributed by atoms with Gasteiger partial charge in [-0.25, -0.2) is 9.37 Å². The Morgan fingerprint density at radius 3 is 2.63 bits per heavy atom. The molecule has 3 aliphatic rings. The van der Waals surface area contributed by atoms with Crippen LogP contribution in [0.1, 0.15) is 39.0 Å². The summed E-state index contributed by atoms with van der Waals surface area (Å²) in [7, 11) is 0. The molecule has 0 unspecified atom stereocenters. The highest BCUT2D eigenvalue weighted by molar-refractivity contribution is 5.58. The molecule has 1 aromatic carbocycles. The summed E-state index contributed by atoms with van der Waals surface area (Å²) in [5.74, 6) is 0.852. The van der Waals surface area contributed by atoms with E-state index in [0.717, 1.165) is 62.4 Å². The third-order valence-corrected chi connectivity index (χ3v) is 7.16. The summed E-state index contributed by atoms with van der Waals surface area (Å²) in [4.78, 5) is 11.9. The first-order valence-electron chi connectivity index (χ1n) is 11.3. The smallest absolute Gasteiger partial charge is 0.130 e. The predicted octanol–water partition coefficient (Wildman–Crippen LogP) is 3.82. The number of aliphatic hydroxyl groups is 1. The molecule has 0 amide bonds. The highest BCUT2D eigenvalue weighted by atomic mass is 19.1. The van der Waals surface area contributed by atoms with Crippen LogP contribution < -0.4 is 14.7 Å². The van der Waals surface area contributed by atoms with Gasteiger partial charge in [-0.2, -0.15) is 0 Å². The molecule has 4 atom stereocenters. The number of fused-ring (bicyclic) bond motifs is 1. The number of anilines is 3. The molecule has 0 spiro atoms. The molecule has 1 aromatic heterocycles. The first kappa shape index (κ1) is 19.6. The summed E-state index contributed by atoms with van der Waals surface area (Å²) in [6.07, 6.45) is 6.83. The molecule has 5 nitrogen and oxygen atoms in total. The van der Waals surface area contributed by atoms with Crippen LogP contribution in [-0.4, -0.2) is 54.0 Å². The van der Waals surface area contributed by atoms with Crippen LogP contribution in [-0.2, 0) is 0 Å². The van der Waals surface area contributed by atoms with E-state index in [-0.39, 0.29) is 11.9 Å². The number of nitrogens with zero attached hydrogens (tertiary/aromatic N) is 4. The zero-order chi connectivity index (χ0) is 20.7. The van der Waals surface area contributed by atoms with Crippen LogP contribution in [0.25, 0.3) is 0 Å². The van der Waals surface area contributed by atoms with Gasteiger partial charge in [-0.1, -0.05) is 6.07 Å². The highest BCUT2D eigenvalue weighted by Crippen LogP contribution is 2.37. The van der Waals surface area contributed by atoms with Crippen LogP contribution in [0.4, 0.5) is 21.6 Å². The summed E-state index contributed by atoms with van der Waals surface area (Å²) >= 11 is 0. The molecule has 3 aliphatic heterocycles. The van der Waals surface area contributed by atoms with Crippen molar-refractivity contribution in [2.24, 2.45) is 0 Å². The summed E-state index contributed by atoms with van der Waals surface area (Å²) in [6.45, 7) is 4.87. The predicted molar refractivity (Wildman–Crippen MR) is 119 cm³/mol. The lowest BCUT2D eigenvalue weighted by atomic mass is 9.96. The second-order valence-electron chi connectivity index (χ2n) is 9.04. The zero-order valence-electron chi connectivity index (χ0n) is 17.6. The Kier molecular flexibility index (Phi) is 5.27. The highest BCUT2D eigenvalue weighted by Gasteiger charge is 2.41. The lowest BCUT2D eigenvalue weighted by Crippen LogP contribution is -2.50. The van der Waals surface area contributed by atoms with Crippen molar-refractivity contribution in [3.8, 4) is 0 Å². The number of rotatable bonds is 3. The molecule has 3 fully saturated rings. The molecular weight excluding hydrogens is 379 g/mol. The average molecular weight is 411 g/mol. The van der Waals surface area contributed by atoms with Crippen molar-refractivity contribution in [2.75, 3.05) is 34.3 Å². The van der Waals surface area contributed by atoms with Gasteiger partial charge in [0.25, 0.3) is 0 Å². The van der Waals surface area contributed by atoms with Crippen molar-refractivity contribution in [2.45, 2.75) is 63.3 Å². The first-order valence-corrected chi connectivity index (χ1v) is 11.3. The molecule has 160 valence electrons. The molecule has 6 heteroatoms. The molecule has 30 heavy (non-hydrogen) atoms. The Hall–Kier alpha value is -2.34. The summed E-state index contributed by atoms with van der Waals surface area (Å²) in [5.41, 5.74) is 2.14. The van der Waals surface area contributed by atoms with Crippen molar-refractivity contribution in [1.29, 1.82) is 0 Å². The van der Waals surface area contributed by atoms with Gasteiger partial charge in [-0.15, -0.1) is 0 Å². The van der Waals surface area contributed by atoms with Crippen molar-refractivity contribution >= 4 is 17.2 Å². The lowest BCUT2D eigenvalue weighted by molar-refractivity contribution is 0.144. The second kappa shape index (κ2) is 8.06. The van der Waals surface area contributed by atoms with E-state index in [1.54, 1.807) is 12.1 Å². The number of halogens is 1. The van der Waals surface area contributed by atoms with E-state index in [0.29, 0.717) is 24.7 Å². The molecule has 0 radical (unpaired) electrons. The summed E-state index contributed by atoms with van der Waals surface area (Å²) in [6, 6.07) is 12.5. The fraction of sp³-hybridized carbons (Fsp3) is 0.542. The Morgan fingerprint density at radius 1 is 0.933 bits per heavy atom. The van der Waals surface area contributed by atoms with Crippen LogP contribution in [0, 0.1) is 5.82 Å². The van der Waals surface area contributed by atoms with Crippen LogP contribution in [0.15, 0.2) is 42.6 Å². The van der Waals surface area contributed by atoms with Gasteiger partial charge in [-0.05, 0) is 63.3 Å². The Morgan fingerprint density at radius 2 is 1.77 bits per heavy atom. The van der Waals surface area contributed by atoms with Gasteiger partial charge >= 0.3 is 0 Å². The summed E-state index contributed by atoms with van der Waals surface area (Å²) in [5, 5.41) is 10.2. The Labute approximate surface area is 178 Å². The van der Waals surface area contributed by atoms with Crippen molar-refractivity contribution in [3.05, 3.63) is 48.4 Å². The number of pyridine rings is 1. The van der Waals surface area contributed by atoms with Gasteiger partial charge in [0, 0.05) is 49.3 Å². The van der Waals surface area contributed by atoms with E-state index in [1.165, 1.54) is 6.07 Å². The molecule has 2 aromatic rings. The van der Waals surface area contributed by atoms with E-state index in [9.17, 15) is 9.50 Å². The van der Waals surface area contributed by atoms with Crippen LogP contribution in [0.3, 0.4) is 0 Å². The second-order valence-corrected chi connectivity index (χ2v) is 9.04. The summed E-state index contributed by atoms with van der Waals surface area (Å²) < 4.78 is 13.8. The molecule has 0 bridgehead atoms. The quantitative estimate of drug-likeness (QED) is 0.833. The van der Waals surface area contributed by atoms with E-state index in [2.05, 4.69) is 33.8 Å². The van der Waals surface area contributed by atoms with Gasteiger partial charge in [0.2, 0.25) is 0 Å². The SMILES string of the molecule is C[C@@H]1CC[C@H](O)CN1c1ccnc(N2CC[C@@H]3[C@H]2CCCN3c2cccc(F)c2)c1. The topological polar surface area (TPSA) is 42.8 Å². The molecule has 4 heterocycles. The minimum Gasteiger partial charge on any atom is -0.391 e. The Bertz CT molecular complexity index is 893. The third kappa shape index (κ3) is 3.62. The van der Waals surface area contributed by atoms with E-state index >= 15 is 0 Å². The maximum atomic E-state index is 13.8. The van der Waals surface area contributed by atoms with Crippen molar-refractivity contribution in [1.82, 2.24) is 4.98 Å². The number of aromatic nitrogens is 1. The maximum absolute atomic E-state index is 13.8. The van der Waals surface area contributed by atoms with E-state index in [4.69, 9.17) is 4.98 Å². The van der Waals surface area contributed by atoms with Gasteiger partial charge in [0.1, 0.15) is 11.6 Å². The normalized spacial score (nSPS) is 29.2. The average Bonchev–Trinajstić information content (AvgIpc) is 3.20. The number of aliphatic hydroxyl groups excluding tert-OH is 1. The number of hydrogen-bond donors (Lipinski definition) is 1. The molecule has 0 aliphatic carbocycles. The largest absolute Gasteiger partial charge is 0.391 e.